The molecule has 2 rings (SSSR count). The molecule has 0 aliphatic heterocycles. The van der Waals surface area contributed by atoms with Gasteiger partial charge >= 0.3 is 6.18 Å². The summed E-state index contributed by atoms with van der Waals surface area (Å²) in [6.07, 6.45) is -4.38. The minimum absolute atomic E-state index is 0.125. The predicted octanol–water partition coefficient (Wildman–Crippen LogP) is 4.12. The molecule has 0 fully saturated rings. The molecule has 0 saturated heterocycles. The van der Waals surface area contributed by atoms with E-state index in [-0.39, 0.29) is 10.5 Å². The largest absolute Gasteiger partial charge is 0.417 e. The van der Waals surface area contributed by atoms with Crippen LogP contribution in [0.5, 0.6) is 0 Å². The molecule has 0 aliphatic rings. The van der Waals surface area contributed by atoms with Gasteiger partial charge in [0.25, 0.3) is 0 Å². The van der Waals surface area contributed by atoms with Crippen molar-refractivity contribution in [3.63, 3.8) is 0 Å². The van der Waals surface area contributed by atoms with Crippen LogP contribution >= 0.6 is 11.3 Å². The first-order chi connectivity index (χ1) is 7.39. The Balaban J connectivity index is 2.73. The Morgan fingerprint density at radius 3 is 2.56 bits per heavy atom. The smallest absolute Gasteiger partial charge is 0.294 e. The van der Waals surface area contributed by atoms with Gasteiger partial charge in [0.05, 0.1) is 10.4 Å². The number of hydrogen-bond acceptors (Lipinski definition) is 2. The number of hydrogen-bond donors (Lipinski definition) is 0. The predicted molar refractivity (Wildman–Crippen MR) is 56.8 cm³/mol. The highest BCUT2D eigenvalue weighted by Crippen LogP contribution is 2.38. The normalized spacial score (nSPS) is 12.0. The highest BCUT2D eigenvalue weighted by molar-refractivity contribution is 7.21. The number of halogens is 3. The van der Waals surface area contributed by atoms with E-state index in [2.05, 4.69) is 0 Å². The maximum Gasteiger partial charge on any atom is 0.417 e. The van der Waals surface area contributed by atoms with Gasteiger partial charge in [-0.3, -0.25) is 4.79 Å². The number of fused-ring (bicyclic) bond motifs is 1. The third kappa shape index (κ3) is 1.82. The summed E-state index contributed by atoms with van der Waals surface area (Å²) in [5.74, 6) is -0.214. The Morgan fingerprint density at radius 2 is 2.00 bits per heavy atom. The van der Waals surface area contributed by atoms with Gasteiger partial charge < -0.3 is 0 Å². The Bertz CT molecular complexity index is 554. The van der Waals surface area contributed by atoms with Gasteiger partial charge in [-0.25, -0.2) is 0 Å². The van der Waals surface area contributed by atoms with Crippen molar-refractivity contribution in [2.24, 2.45) is 0 Å². The van der Waals surface area contributed by atoms with E-state index in [1.54, 1.807) is 6.07 Å². The minimum atomic E-state index is -4.38. The van der Waals surface area contributed by atoms with Crippen LogP contribution < -0.4 is 0 Å². The quantitative estimate of drug-likeness (QED) is 0.689. The van der Waals surface area contributed by atoms with Crippen molar-refractivity contribution in [1.29, 1.82) is 0 Å². The van der Waals surface area contributed by atoms with Gasteiger partial charge in [-0.1, -0.05) is 12.1 Å². The van der Waals surface area contributed by atoms with Crippen LogP contribution in [0.15, 0.2) is 24.3 Å². The summed E-state index contributed by atoms with van der Waals surface area (Å²) in [5, 5.41) is 0.463. The highest BCUT2D eigenvalue weighted by atomic mass is 32.1. The second kappa shape index (κ2) is 3.59. The van der Waals surface area contributed by atoms with E-state index in [1.807, 2.05) is 0 Å². The number of benzene rings is 1. The Kier molecular flexibility index (Phi) is 2.50. The summed E-state index contributed by atoms with van der Waals surface area (Å²) >= 11 is 0.889. The number of carbonyl (C=O) groups is 1. The second-order valence-corrected chi connectivity index (χ2v) is 4.44. The molecule has 1 heterocycles. The molecule has 0 amide bonds. The van der Waals surface area contributed by atoms with Crippen molar-refractivity contribution in [1.82, 2.24) is 0 Å². The first-order valence-corrected chi connectivity index (χ1v) is 5.32. The fraction of sp³-hybridized carbons (Fsp3) is 0.182. The lowest BCUT2D eigenvalue weighted by atomic mass is 10.1. The number of thiophene rings is 1. The molecule has 0 atom stereocenters. The molecular formula is C11H7F3OS. The van der Waals surface area contributed by atoms with Crippen molar-refractivity contribution in [2.75, 3.05) is 0 Å². The molecule has 2 aromatic rings. The topological polar surface area (TPSA) is 17.1 Å². The molecule has 0 unspecified atom stereocenters. The average molecular weight is 244 g/mol. The first-order valence-electron chi connectivity index (χ1n) is 4.50. The maximum atomic E-state index is 12.6. The summed E-state index contributed by atoms with van der Waals surface area (Å²) in [5.41, 5.74) is -0.678. The van der Waals surface area contributed by atoms with E-state index in [0.717, 1.165) is 17.4 Å². The molecule has 0 N–H and O–H groups in total. The third-order valence-electron chi connectivity index (χ3n) is 2.20. The van der Waals surface area contributed by atoms with Crippen molar-refractivity contribution in [3.05, 3.63) is 34.7 Å². The monoisotopic (exact) mass is 244 g/mol. The molecule has 5 heteroatoms. The molecule has 16 heavy (non-hydrogen) atoms. The number of rotatable bonds is 1. The molecule has 0 radical (unpaired) electrons. The minimum Gasteiger partial charge on any atom is -0.294 e. The third-order valence-corrected chi connectivity index (χ3v) is 3.48. The summed E-state index contributed by atoms with van der Waals surface area (Å²) in [6, 6.07) is 5.45. The molecule has 0 saturated carbocycles. The molecule has 1 aromatic heterocycles. The summed E-state index contributed by atoms with van der Waals surface area (Å²) in [7, 11) is 0. The van der Waals surface area contributed by atoms with Gasteiger partial charge in [0.1, 0.15) is 0 Å². The van der Waals surface area contributed by atoms with Gasteiger partial charge in [0, 0.05) is 4.70 Å². The van der Waals surface area contributed by atoms with Crippen LogP contribution in [0, 0.1) is 0 Å². The van der Waals surface area contributed by atoms with Gasteiger partial charge in [0.2, 0.25) is 0 Å². The van der Waals surface area contributed by atoms with E-state index >= 15 is 0 Å². The fourth-order valence-corrected chi connectivity index (χ4v) is 2.55. The van der Waals surface area contributed by atoms with E-state index in [0.29, 0.717) is 10.3 Å². The van der Waals surface area contributed by atoms with Crippen LogP contribution in [0.25, 0.3) is 10.1 Å². The molecule has 84 valence electrons. The number of ketones is 1. The molecule has 0 bridgehead atoms. The van der Waals surface area contributed by atoms with Crippen molar-refractivity contribution < 1.29 is 18.0 Å². The molecule has 0 spiro atoms. The Hall–Kier alpha value is -1.36. The zero-order valence-corrected chi connectivity index (χ0v) is 9.08. The molecule has 1 aromatic carbocycles. The van der Waals surface area contributed by atoms with Crippen LogP contribution in [0.4, 0.5) is 13.2 Å². The molecule has 0 aliphatic carbocycles. The lowest BCUT2D eigenvalue weighted by Gasteiger charge is -2.06. The van der Waals surface area contributed by atoms with Gasteiger partial charge in [-0.2, -0.15) is 13.2 Å². The maximum absolute atomic E-state index is 12.6. The Morgan fingerprint density at radius 1 is 1.31 bits per heavy atom. The molecular weight excluding hydrogens is 237 g/mol. The van der Waals surface area contributed by atoms with Gasteiger partial charge in [-0.05, 0) is 24.4 Å². The SMILES string of the molecule is CC(=O)c1cc2cccc(C(F)(F)F)c2s1. The Labute approximate surface area is 93.5 Å². The zero-order valence-electron chi connectivity index (χ0n) is 8.26. The highest BCUT2D eigenvalue weighted by Gasteiger charge is 2.33. The van der Waals surface area contributed by atoms with Crippen LogP contribution in [-0.4, -0.2) is 5.78 Å². The van der Waals surface area contributed by atoms with Crippen molar-refractivity contribution in [3.8, 4) is 0 Å². The summed E-state index contributed by atoms with van der Waals surface area (Å²) in [4.78, 5) is 11.5. The fourth-order valence-electron chi connectivity index (χ4n) is 1.46. The van der Waals surface area contributed by atoms with Crippen molar-refractivity contribution in [2.45, 2.75) is 13.1 Å². The standard InChI is InChI=1S/C11H7F3OS/c1-6(15)9-5-7-3-2-4-8(10(7)16-9)11(12,13)14/h2-5H,1H3. The van der Waals surface area contributed by atoms with Crippen LogP contribution in [0.2, 0.25) is 0 Å². The van der Waals surface area contributed by atoms with Crippen LogP contribution in [0.1, 0.15) is 22.2 Å². The number of alkyl halides is 3. The van der Waals surface area contributed by atoms with E-state index < -0.39 is 11.7 Å². The van der Waals surface area contributed by atoms with E-state index in [1.165, 1.54) is 19.1 Å². The van der Waals surface area contributed by atoms with Crippen molar-refractivity contribution >= 4 is 27.2 Å². The number of Topliss-reactive ketones (excluding diaryl/α,β-unsaturated/α-hetero) is 1. The first kappa shape index (κ1) is 11.1. The summed E-state index contributed by atoms with van der Waals surface area (Å²) in [6.45, 7) is 1.35. The average Bonchev–Trinajstić information content (AvgIpc) is 2.58. The van der Waals surface area contributed by atoms with Gasteiger partial charge in [0.15, 0.2) is 5.78 Å². The van der Waals surface area contributed by atoms with Crippen LogP contribution in [0.3, 0.4) is 0 Å². The lowest BCUT2D eigenvalue weighted by molar-refractivity contribution is -0.136. The second-order valence-electron chi connectivity index (χ2n) is 3.39. The lowest BCUT2D eigenvalue weighted by Crippen LogP contribution is -2.04. The molecule has 1 nitrogen and oxygen atoms in total. The van der Waals surface area contributed by atoms with E-state index in [4.69, 9.17) is 0 Å². The van der Waals surface area contributed by atoms with E-state index in [9.17, 15) is 18.0 Å². The summed E-state index contributed by atoms with van der Waals surface area (Å²) < 4.78 is 38.1. The zero-order chi connectivity index (χ0) is 11.9. The number of carbonyl (C=O) groups excluding carboxylic acids is 1. The van der Waals surface area contributed by atoms with Crippen LogP contribution in [-0.2, 0) is 6.18 Å². The van der Waals surface area contributed by atoms with Gasteiger partial charge in [-0.15, -0.1) is 11.3 Å².